The van der Waals surface area contributed by atoms with Gasteiger partial charge in [-0.25, -0.2) is 0 Å². The van der Waals surface area contributed by atoms with E-state index in [9.17, 15) is 5.11 Å². The Morgan fingerprint density at radius 2 is 0.980 bits per heavy atom. The van der Waals surface area contributed by atoms with Crippen LogP contribution in [0.25, 0.3) is 0 Å². The lowest BCUT2D eigenvalue weighted by molar-refractivity contribution is -0.327. The van der Waals surface area contributed by atoms with Crippen LogP contribution < -0.4 is 0 Å². The molecule has 1 N–H and O–H groups in total. The molecule has 1 fully saturated rings. The Balaban J connectivity index is 1.18. The van der Waals surface area contributed by atoms with Gasteiger partial charge in [-0.05, 0) is 28.3 Å². The van der Waals surface area contributed by atoms with Crippen molar-refractivity contribution in [1.82, 2.24) is 0 Å². The third-order valence-corrected chi connectivity index (χ3v) is 8.65. The van der Waals surface area contributed by atoms with E-state index in [1.165, 1.54) is 0 Å². The molecule has 0 amide bonds. The molecule has 0 spiro atoms. The van der Waals surface area contributed by atoms with E-state index >= 15 is 0 Å². The van der Waals surface area contributed by atoms with E-state index in [-0.39, 0.29) is 13.2 Å². The van der Waals surface area contributed by atoms with Crippen LogP contribution in [-0.2, 0) is 64.3 Å². The Hall–Kier alpha value is -3.74. The summed E-state index contributed by atoms with van der Waals surface area (Å²) in [7, 11) is 1.59. The van der Waals surface area contributed by atoms with Crippen LogP contribution in [0.3, 0.4) is 0 Å². The average Bonchev–Trinajstić information content (AvgIpc) is 3.17. The number of aliphatic hydroxyl groups excluding tert-OH is 1. The zero-order chi connectivity index (χ0) is 34.4. The number of ether oxygens (including phenoxy) is 8. The lowest BCUT2D eigenvalue weighted by atomic mass is 9.97. The summed E-state index contributed by atoms with van der Waals surface area (Å²) < 4.78 is 50.5. The molecule has 6 rings (SSSR count). The monoisotopic (exact) mass is 682 g/mol. The Morgan fingerprint density at radius 3 is 1.50 bits per heavy atom. The maximum absolute atomic E-state index is 10.6. The normalized spacial score (nSPS) is 26.5. The molecule has 50 heavy (non-hydrogen) atoms. The molecule has 0 unspecified atom stereocenters. The second-order valence-corrected chi connectivity index (χ2v) is 12.3. The molecule has 0 saturated carbocycles. The minimum atomic E-state index is -0.824. The molecule has 9 nitrogen and oxygen atoms in total. The maximum atomic E-state index is 10.6. The summed E-state index contributed by atoms with van der Waals surface area (Å²) in [4.78, 5) is 0. The van der Waals surface area contributed by atoms with E-state index in [1.54, 1.807) is 19.3 Å². The van der Waals surface area contributed by atoms with Crippen molar-refractivity contribution in [2.45, 2.75) is 75.6 Å². The Kier molecular flexibility index (Phi) is 13.7. The smallest absolute Gasteiger partial charge is 0.186 e. The average molecular weight is 683 g/mol. The molecule has 4 aromatic carbocycles. The molecular formula is C41H46O9. The van der Waals surface area contributed by atoms with Crippen molar-refractivity contribution < 1.29 is 43.0 Å². The predicted molar refractivity (Wildman–Crippen MR) is 187 cm³/mol. The summed E-state index contributed by atoms with van der Waals surface area (Å²) >= 11 is 0. The van der Waals surface area contributed by atoms with Gasteiger partial charge < -0.3 is 43.0 Å². The van der Waals surface area contributed by atoms with Gasteiger partial charge in [0.05, 0.1) is 39.6 Å². The fraction of sp³-hybridized carbons (Fsp3) is 0.366. The third kappa shape index (κ3) is 10.4. The molecule has 4 aromatic rings. The topological polar surface area (TPSA) is 94.1 Å². The third-order valence-electron chi connectivity index (χ3n) is 8.65. The van der Waals surface area contributed by atoms with Crippen LogP contribution in [0.2, 0.25) is 0 Å². The van der Waals surface area contributed by atoms with E-state index in [0.717, 1.165) is 22.3 Å². The van der Waals surface area contributed by atoms with Gasteiger partial charge >= 0.3 is 0 Å². The number of benzene rings is 4. The highest BCUT2D eigenvalue weighted by molar-refractivity contribution is 5.16. The van der Waals surface area contributed by atoms with Crippen LogP contribution in [0.5, 0.6) is 0 Å². The summed E-state index contributed by atoms with van der Waals surface area (Å²) in [6.07, 6.45) is -1.98. The lowest BCUT2D eigenvalue weighted by Crippen LogP contribution is -2.61. The van der Waals surface area contributed by atoms with E-state index in [1.807, 2.05) is 121 Å². The predicted octanol–water partition coefficient (Wildman–Crippen LogP) is 5.99. The zero-order valence-electron chi connectivity index (χ0n) is 28.3. The molecule has 9 heteroatoms. The number of methoxy groups -OCH3 is 1. The first-order valence-electron chi connectivity index (χ1n) is 17.1. The van der Waals surface area contributed by atoms with Crippen molar-refractivity contribution in [3.05, 3.63) is 156 Å². The molecule has 0 aliphatic carbocycles. The van der Waals surface area contributed by atoms with Crippen LogP contribution in [0.1, 0.15) is 22.3 Å². The molecule has 2 heterocycles. The SMILES string of the molecule is CO[C@H]1O[C@H](CO[C@H]2C=C[C@@H](O)[C@@H](COCc3ccccc3)O2)[C@@H](OCc2ccccc2)[C@H](OCc2ccccc2)[C@H]1OCc1ccccc1. The van der Waals surface area contributed by atoms with E-state index in [4.69, 9.17) is 37.9 Å². The van der Waals surface area contributed by atoms with E-state index < -0.39 is 49.2 Å². The minimum Gasteiger partial charge on any atom is -0.386 e. The fourth-order valence-corrected chi connectivity index (χ4v) is 5.99. The van der Waals surface area contributed by atoms with Crippen molar-refractivity contribution in [2.75, 3.05) is 20.3 Å². The number of aliphatic hydroxyl groups is 1. The molecule has 0 bridgehead atoms. The van der Waals surface area contributed by atoms with Crippen molar-refractivity contribution in [3.8, 4) is 0 Å². The summed E-state index contributed by atoms with van der Waals surface area (Å²) in [5, 5.41) is 10.6. The van der Waals surface area contributed by atoms with Gasteiger partial charge in [-0.1, -0.05) is 127 Å². The van der Waals surface area contributed by atoms with E-state index in [0.29, 0.717) is 26.4 Å². The number of rotatable bonds is 17. The Bertz CT molecular complexity index is 1540. The van der Waals surface area contributed by atoms with Gasteiger partial charge in [0.15, 0.2) is 12.6 Å². The molecule has 0 radical (unpaired) electrons. The molecule has 2 aliphatic heterocycles. The Morgan fingerprint density at radius 1 is 0.500 bits per heavy atom. The first-order valence-corrected chi connectivity index (χ1v) is 17.1. The quantitative estimate of drug-likeness (QED) is 0.135. The van der Waals surface area contributed by atoms with Gasteiger partial charge in [0.1, 0.15) is 36.6 Å². The highest BCUT2D eigenvalue weighted by atomic mass is 16.7. The van der Waals surface area contributed by atoms with Crippen LogP contribution in [-0.4, -0.2) is 74.6 Å². The molecule has 2 aliphatic rings. The van der Waals surface area contributed by atoms with Crippen LogP contribution in [0, 0.1) is 0 Å². The summed E-state index contributed by atoms with van der Waals surface area (Å²) in [5.41, 5.74) is 4.08. The van der Waals surface area contributed by atoms with Gasteiger partial charge in [0.2, 0.25) is 0 Å². The van der Waals surface area contributed by atoms with Gasteiger partial charge in [-0.15, -0.1) is 0 Å². The highest BCUT2D eigenvalue weighted by Crippen LogP contribution is 2.31. The van der Waals surface area contributed by atoms with Crippen molar-refractivity contribution in [3.63, 3.8) is 0 Å². The van der Waals surface area contributed by atoms with Gasteiger partial charge in [0.25, 0.3) is 0 Å². The standard InChI is InChI=1S/C41H46O9/c1-43-41-40(48-27-33-20-12-5-13-21-33)39(47-26-32-18-10-4-11-19-32)38(46-25-31-16-8-3-9-17-31)36(50-41)29-45-37-23-22-34(42)35(49-37)28-44-24-30-14-6-2-7-15-30/h2-23,34-42H,24-29H2,1H3/t34-,35-,36-,37-,38-,39+,40-,41+/m1/s1. The molecule has 264 valence electrons. The largest absolute Gasteiger partial charge is 0.386 e. The summed E-state index contributed by atoms with van der Waals surface area (Å²) in [6, 6.07) is 39.8. The number of hydrogen-bond donors (Lipinski definition) is 1. The zero-order valence-corrected chi connectivity index (χ0v) is 28.3. The van der Waals surface area contributed by atoms with Crippen molar-refractivity contribution >= 4 is 0 Å². The summed E-state index contributed by atoms with van der Waals surface area (Å²) in [5.74, 6) is 0. The van der Waals surface area contributed by atoms with Gasteiger partial charge in [0, 0.05) is 7.11 Å². The second kappa shape index (κ2) is 19.0. The summed E-state index contributed by atoms with van der Waals surface area (Å²) in [6.45, 7) is 1.71. The first kappa shape index (κ1) is 36.1. The van der Waals surface area contributed by atoms with E-state index in [2.05, 4.69) is 0 Å². The molecular weight excluding hydrogens is 636 g/mol. The van der Waals surface area contributed by atoms with Crippen LogP contribution in [0.4, 0.5) is 0 Å². The fourth-order valence-electron chi connectivity index (χ4n) is 5.99. The molecule has 0 aromatic heterocycles. The van der Waals surface area contributed by atoms with Crippen LogP contribution >= 0.6 is 0 Å². The molecule has 8 atom stereocenters. The van der Waals surface area contributed by atoms with Gasteiger partial charge in [-0.2, -0.15) is 0 Å². The Labute approximate surface area is 294 Å². The number of hydrogen-bond acceptors (Lipinski definition) is 9. The van der Waals surface area contributed by atoms with Gasteiger partial charge in [-0.3, -0.25) is 0 Å². The van der Waals surface area contributed by atoms with Crippen LogP contribution in [0.15, 0.2) is 133 Å². The first-order chi connectivity index (χ1) is 24.7. The van der Waals surface area contributed by atoms with Crippen molar-refractivity contribution in [2.24, 2.45) is 0 Å². The molecule has 1 saturated heterocycles. The van der Waals surface area contributed by atoms with Crippen molar-refractivity contribution in [1.29, 1.82) is 0 Å². The minimum absolute atomic E-state index is 0.0958. The lowest BCUT2D eigenvalue weighted by Gasteiger charge is -2.45. The maximum Gasteiger partial charge on any atom is 0.186 e. The second-order valence-electron chi connectivity index (χ2n) is 12.3. The highest BCUT2D eigenvalue weighted by Gasteiger charge is 2.49.